The van der Waals surface area contributed by atoms with Gasteiger partial charge in [0.25, 0.3) is 5.56 Å². The lowest BCUT2D eigenvalue weighted by atomic mass is 10.1. The molecule has 30 heavy (non-hydrogen) atoms. The second kappa shape index (κ2) is 8.32. The summed E-state index contributed by atoms with van der Waals surface area (Å²) < 4.78 is 2.95. The molecule has 7 nitrogen and oxygen atoms in total. The lowest BCUT2D eigenvalue weighted by Gasteiger charge is -2.18. The number of fused-ring (bicyclic) bond motifs is 1. The summed E-state index contributed by atoms with van der Waals surface area (Å²) in [5, 5.41) is 4.68. The molecule has 0 aliphatic rings. The smallest absolute Gasteiger partial charge is 0.264 e. The fourth-order valence-corrected chi connectivity index (χ4v) is 3.33. The van der Waals surface area contributed by atoms with Gasteiger partial charge in [-0.1, -0.05) is 49.4 Å². The molecule has 2 aromatic carbocycles. The number of rotatable bonds is 6. The van der Waals surface area contributed by atoms with Gasteiger partial charge in [0, 0.05) is 13.6 Å². The van der Waals surface area contributed by atoms with E-state index >= 15 is 0 Å². The normalized spacial score (nSPS) is 11.0. The van der Waals surface area contributed by atoms with Gasteiger partial charge in [0.15, 0.2) is 5.65 Å². The number of aromatic nitrogens is 4. The second-order valence-electron chi connectivity index (χ2n) is 7.23. The standard InChI is InChI=1S/C23H23N5O2/c1-3-17-9-11-18(12-10-17)14-26(2)21(29)15-27-16-24-22-20(23(27)30)13-25-28(22)19-7-5-4-6-8-19/h4-13,16H,3,14-15H2,1-2H3. The minimum Gasteiger partial charge on any atom is -0.340 e. The molecule has 152 valence electrons. The monoisotopic (exact) mass is 401 g/mol. The molecule has 0 bridgehead atoms. The van der Waals surface area contributed by atoms with Crippen molar-refractivity contribution in [2.75, 3.05) is 7.05 Å². The van der Waals surface area contributed by atoms with Crippen molar-refractivity contribution in [3.8, 4) is 5.69 Å². The summed E-state index contributed by atoms with van der Waals surface area (Å²) >= 11 is 0. The average Bonchev–Trinajstić information content (AvgIpc) is 3.21. The number of likely N-dealkylation sites (N-methyl/N-ethyl adjacent to an activating group) is 1. The van der Waals surface area contributed by atoms with Gasteiger partial charge in [0.1, 0.15) is 18.3 Å². The van der Waals surface area contributed by atoms with E-state index in [1.807, 2.05) is 42.5 Å². The van der Waals surface area contributed by atoms with Gasteiger partial charge < -0.3 is 4.90 Å². The molecular weight excluding hydrogens is 378 g/mol. The van der Waals surface area contributed by atoms with Gasteiger partial charge in [-0.05, 0) is 29.7 Å². The Balaban J connectivity index is 1.52. The quantitative estimate of drug-likeness (QED) is 0.498. The molecule has 0 saturated carbocycles. The lowest BCUT2D eigenvalue weighted by Crippen LogP contribution is -2.33. The highest BCUT2D eigenvalue weighted by Crippen LogP contribution is 2.13. The van der Waals surface area contributed by atoms with Crippen molar-refractivity contribution in [3.05, 3.63) is 88.6 Å². The fraction of sp³-hybridized carbons (Fsp3) is 0.217. The van der Waals surface area contributed by atoms with E-state index in [9.17, 15) is 9.59 Å². The first-order valence-corrected chi connectivity index (χ1v) is 9.87. The predicted octanol–water partition coefficient (Wildman–Crippen LogP) is 2.80. The molecule has 0 atom stereocenters. The minimum atomic E-state index is -0.281. The predicted molar refractivity (Wildman–Crippen MR) is 115 cm³/mol. The number of aryl methyl sites for hydroxylation is 1. The molecule has 4 rings (SSSR count). The van der Waals surface area contributed by atoms with Crippen LogP contribution >= 0.6 is 0 Å². The Kier molecular flexibility index (Phi) is 5.43. The van der Waals surface area contributed by atoms with Gasteiger partial charge in [-0.3, -0.25) is 14.2 Å². The van der Waals surface area contributed by atoms with Crippen molar-refractivity contribution < 1.29 is 4.79 Å². The van der Waals surface area contributed by atoms with Crippen molar-refractivity contribution in [2.24, 2.45) is 0 Å². The zero-order chi connectivity index (χ0) is 21.1. The number of amides is 1. The highest BCUT2D eigenvalue weighted by molar-refractivity contribution is 5.77. The number of nitrogens with zero attached hydrogens (tertiary/aromatic N) is 5. The summed E-state index contributed by atoms with van der Waals surface area (Å²) in [6, 6.07) is 17.7. The van der Waals surface area contributed by atoms with Gasteiger partial charge in [-0.2, -0.15) is 5.10 Å². The van der Waals surface area contributed by atoms with Crippen molar-refractivity contribution in [2.45, 2.75) is 26.4 Å². The maximum Gasteiger partial charge on any atom is 0.264 e. The Morgan fingerprint density at radius 1 is 1.03 bits per heavy atom. The molecule has 0 aliphatic carbocycles. The molecule has 0 radical (unpaired) electrons. The van der Waals surface area contributed by atoms with Crippen molar-refractivity contribution in [1.82, 2.24) is 24.2 Å². The fourth-order valence-electron chi connectivity index (χ4n) is 3.33. The van der Waals surface area contributed by atoms with E-state index in [1.54, 1.807) is 16.6 Å². The summed E-state index contributed by atoms with van der Waals surface area (Å²) in [6.07, 6.45) is 3.89. The van der Waals surface area contributed by atoms with E-state index in [2.05, 4.69) is 29.1 Å². The molecule has 7 heteroatoms. The van der Waals surface area contributed by atoms with Crippen LogP contribution in [0.15, 0.2) is 71.9 Å². The summed E-state index contributed by atoms with van der Waals surface area (Å²) in [5.74, 6) is -0.159. The van der Waals surface area contributed by atoms with Crippen LogP contribution in [-0.2, 0) is 24.3 Å². The Hall–Kier alpha value is -3.74. The van der Waals surface area contributed by atoms with Gasteiger partial charge in [-0.15, -0.1) is 0 Å². The van der Waals surface area contributed by atoms with Crippen molar-refractivity contribution in [1.29, 1.82) is 0 Å². The molecule has 0 saturated heterocycles. The average molecular weight is 401 g/mol. The van der Waals surface area contributed by atoms with Crippen LogP contribution in [0.25, 0.3) is 16.7 Å². The molecule has 0 fully saturated rings. The molecule has 2 aromatic heterocycles. The van der Waals surface area contributed by atoms with Gasteiger partial charge in [-0.25, -0.2) is 9.67 Å². The van der Waals surface area contributed by atoms with Crippen LogP contribution in [0, 0.1) is 0 Å². The number of para-hydroxylation sites is 1. The van der Waals surface area contributed by atoms with Crippen molar-refractivity contribution in [3.63, 3.8) is 0 Å². The van der Waals surface area contributed by atoms with Crippen LogP contribution in [0.4, 0.5) is 0 Å². The van der Waals surface area contributed by atoms with Gasteiger partial charge in [0.2, 0.25) is 5.91 Å². The molecule has 4 aromatic rings. The summed E-state index contributed by atoms with van der Waals surface area (Å²) in [5.41, 5.74) is 3.32. The molecule has 0 N–H and O–H groups in total. The molecular formula is C23H23N5O2. The highest BCUT2D eigenvalue weighted by atomic mass is 16.2. The lowest BCUT2D eigenvalue weighted by molar-refractivity contribution is -0.131. The summed E-state index contributed by atoms with van der Waals surface area (Å²) in [7, 11) is 1.74. The van der Waals surface area contributed by atoms with E-state index in [4.69, 9.17) is 0 Å². The third-order valence-corrected chi connectivity index (χ3v) is 5.14. The van der Waals surface area contributed by atoms with Crippen LogP contribution in [0.2, 0.25) is 0 Å². The van der Waals surface area contributed by atoms with Gasteiger partial charge in [0.05, 0.1) is 11.9 Å². The Morgan fingerprint density at radius 3 is 2.43 bits per heavy atom. The largest absolute Gasteiger partial charge is 0.340 e. The summed E-state index contributed by atoms with van der Waals surface area (Å²) in [6.45, 7) is 2.53. The van der Waals surface area contributed by atoms with Crippen molar-refractivity contribution >= 4 is 16.9 Å². The number of hydrogen-bond donors (Lipinski definition) is 0. The maximum absolute atomic E-state index is 12.9. The van der Waals surface area contributed by atoms with Gasteiger partial charge >= 0.3 is 0 Å². The van der Waals surface area contributed by atoms with E-state index in [0.29, 0.717) is 17.6 Å². The van der Waals surface area contributed by atoms with Crippen LogP contribution in [0.1, 0.15) is 18.1 Å². The summed E-state index contributed by atoms with van der Waals surface area (Å²) in [4.78, 5) is 31.5. The van der Waals surface area contributed by atoms with E-state index < -0.39 is 0 Å². The highest BCUT2D eigenvalue weighted by Gasteiger charge is 2.15. The first kappa shape index (κ1) is 19.6. The Labute approximate surface area is 174 Å². The van der Waals surface area contributed by atoms with Crippen LogP contribution in [0.3, 0.4) is 0 Å². The molecule has 0 aliphatic heterocycles. The third-order valence-electron chi connectivity index (χ3n) is 5.14. The molecule has 0 unspecified atom stereocenters. The first-order chi connectivity index (χ1) is 14.6. The SMILES string of the molecule is CCc1ccc(CN(C)C(=O)Cn2cnc3c(cnn3-c3ccccc3)c2=O)cc1. The van der Waals surface area contributed by atoms with E-state index in [1.165, 1.54) is 22.7 Å². The molecule has 1 amide bonds. The zero-order valence-corrected chi connectivity index (χ0v) is 17.0. The van der Waals surface area contributed by atoms with Crippen LogP contribution < -0.4 is 5.56 Å². The number of hydrogen-bond acceptors (Lipinski definition) is 4. The van der Waals surface area contributed by atoms with Crippen LogP contribution in [0.5, 0.6) is 0 Å². The van der Waals surface area contributed by atoms with E-state index in [0.717, 1.165) is 17.7 Å². The van der Waals surface area contributed by atoms with E-state index in [-0.39, 0.29) is 18.0 Å². The molecule has 0 spiro atoms. The third kappa shape index (κ3) is 3.87. The first-order valence-electron chi connectivity index (χ1n) is 9.87. The topological polar surface area (TPSA) is 73.0 Å². The number of carbonyl (C=O) groups is 1. The second-order valence-corrected chi connectivity index (χ2v) is 7.23. The Morgan fingerprint density at radius 2 is 1.73 bits per heavy atom. The van der Waals surface area contributed by atoms with Crippen LogP contribution in [-0.4, -0.2) is 37.2 Å². The zero-order valence-electron chi connectivity index (χ0n) is 17.0. The Bertz CT molecular complexity index is 1230. The number of benzene rings is 2. The molecule has 2 heterocycles. The minimum absolute atomic E-state index is 0.0676. The number of carbonyl (C=O) groups excluding carboxylic acids is 1. The maximum atomic E-state index is 12.9.